The average Bonchev–Trinajstić information content (AvgIpc) is 2.53. The van der Waals surface area contributed by atoms with Crippen molar-refractivity contribution in [1.29, 1.82) is 0 Å². The van der Waals surface area contributed by atoms with Crippen molar-refractivity contribution in [2.24, 2.45) is 0 Å². The molecule has 4 nitrogen and oxygen atoms in total. The summed E-state index contributed by atoms with van der Waals surface area (Å²) in [7, 11) is 1.96. The van der Waals surface area contributed by atoms with Crippen LogP contribution in [0.3, 0.4) is 0 Å². The van der Waals surface area contributed by atoms with Crippen molar-refractivity contribution in [3.8, 4) is 0 Å². The maximum Gasteiger partial charge on any atom is 0.224 e. The summed E-state index contributed by atoms with van der Waals surface area (Å²) in [6.07, 6.45) is 3.69. The molecule has 112 valence electrons. The molecule has 2 rings (SSSR count). The van der Waals surface area contributed by atoms with Crippen LogP contribution in [0.5, 0.6) is 0 Å². The number of benzene rings is 1. The summed E-state index contributed by atoms with van der Waals surface area (Å²) in [5.41, 5.74) is 2.36. The number of hydrogen-bond donors (Lipinski definition) is 1. The predicted molar refractivity (Wildman–Crippen MR) is 89.7 cm³/mol. The topological polar surface area (TPSA) is 41.1 Å². The molecule has 21 heavy (non-hydrogen) atoms. The highest BCUT2D eigenvalue weighted by Crippen LogP contribution is 2.29. The number of aromatic nitrogens is 2. The first-order valence-corrected chi connectivity index (χ1v) is 7.62. The second-order valence-electron chi connectivity index (χ2n) is 4.87. The first-order chi connectivity index (χ1) is 10.2. The molecule has 0 unspecified atom stereocenters. The number of rotatable bonds is 6. The molecule has 1 N–H and O–H groups in total. The SMILES string of the molecule is CCCNc1ncc(Cl)c(N(C)c2ccc(CC)cc2)n1. The van der Waals surface area contributed by atoms with Gasteiger partial charge in [0.2, 0.25) is 5.95 Å². The fourth-order valence-corrected chi connectivity index (χ4v) is 2.21. The predicted octanol–water partition coefficient (Wildman–Crippen LogP) is 4.28. The lowest BCUT2D eigenvalue weighted by Gasteiger charge is -2.20. The highest BCUT2D eigenvalue weighted by molar-refractivity contribution is 6.33. The highest BCUT2D eigenvalue weighted by Gasteiger charge is 2.12. The first kappa shape index (κ1) is 15.6. The van der Waals surface area contributed by atoms with Gasteiger partial charge in [-0.05, 0) is 30.5 Å². The molecule has 1 aromatic carbocycles. The Morgan fingerprint density at radius 2 is 1.90 bits per heavy atom. The molecule has 0 radical (unpaired) electrons. The largest absolute Gasteiger partial charge is 0.354 e. The molecule has 0 saturated heterocycles. The molecule has 0 bridgehead atoms. The van der Waals surface area contributed by atoms with E-state index in [4.69, 9.17) is 11.6 Å². The Morgan fingerprint density at radius 1 is 1.19 bits per heavy atom. The maximum absolute atomic E-state index is 6.24. The Morgan fingerprint density at radius 3 is 2.52 bits per heavy atom. The standard InChI is InChI=1S/C16H21ClN4/c1-4-10-18-16-19-11-14(17)15(20-16)21(3)13-8-6-12(5-2)7-9-13/h6-9,11H,4-5,10H2,1-3H3,(H,18,19,20). The first-order valence-electron chi connectivity index (χ1n) is 7.24. The van der Waals surface area contributed by atoms with Crippen molar-refractivity contribution in [2.75, 3.05) is 23.8 Å². The minimum Gasteiger partial charge on any atom is -0.354 e. The lowest BCUT2D eigenvalue weighted by Crippen LogP contribution is -2.14. The van der Waals surface area contributed by atoms with E-state index in [0.29, 0.717) is 16.8 Å². The number of hydrogen-bond acceptors (Lipinski definition) is 4. The van der Waals surface area contributed by atoms with E-state index in [-0.39, 0.29) is 0 Å². The van der Waals surface area contributed by atoms with Crippen LogP contribution in [-0.4, -0.2) is 23.6 Å². The molecule has 0 aliphatic rings. The Labute approximate surface area is 131 Å². The normalized spacial score (nSPS) is 10.5. The molecule has 0 aliphatic heterocycles. The van der Waals surface area contributed by atoms with Gasteiger partial charge in [0.1, 0.15) is 5.02 Å². The maximum atomic E-state index is 6.24. The second kappa shape index (κ2) is 7.27. The fourth-order valence-electron chi connectivity index (χ4n) is 1.99. The van der Waals surface area contributed by atoms with Crippen LogP contribution < -0.4 is 10.2 Å². The van der Waals surface area contributed by atoms with E-state index in [9.17, 15) is 0 Å². The number of nitrogens with one attached hydrogen (secondary N) is 1. The number of aryl methyl sites for hydroxylation is 1. The Bertz CT molecular complexity index is 583. The van der Waals surface area contributed by atoms with Crippen LogP contribution in [0.15, 0.2) is 30.5 Å². The van der Waals surface area contributed by atoms with Crippen LogP contribution in [-0.2, 0) is 6.42 Å². The van der Waals surface area contributed by atoms with Gasteiger partial charge in [0.05, 0.1) is 6.20 Å². The molecule has 0 aliphatic carbocycles. The van der Waals surface area contributed by atoms with Crippen molar-refractivity contribution in [3.05, 3.63) is 41.0 Å². The van der Waals surface area contributed by atoms with Crippen molar-refractivity contribution < 1.29 is 0 Å². The molecule has 0 saturated carbocycles. The second-order valence-corrected chi connectivity index (χ2v) is 5.28. The van der Waals surface area contributed by atoms with Gasteiger partial charge in [0, 0.05) is 19.3 Å². The monoisotopic (exact) mass is 304 g/mol. The lowest BCUT2D eigenvalue weighted by molar-refractivity contribution is 0.948. The zero-order valence-electron chi connectivity index (χ0n) is 12.7. The molecule has 0 spiro atoms. The van der Waals surface area contributed by atoms with Crippen LogP contribution in [0.4, 0.5) is 17.5 Å². The Hall–Kier alpha value is -1.81. The van der Waals surface area contributed by atoms with Gasteiger partial charge in [-0.1, -0.05) is 37.6 Å². The zero-order valence-corrected chi connectivity index (χ0v) is 13.5. The number of halogens is 1. The Balaban J connectivity index is 2.25. The van der Waals surface area contributed by atoms with Crippen LogP contribution in [0.2, 0.25) is 5.02 Å². The average molecular weight is 305 g/mol. The molecule has 0 atom stereocenters. The van der Waals surface area contributed by atoms with Crippen LogP contribution in [0.25, 0.3) is 0 Å². The number of nitrogens with zero attached hydrogens (tertiary/aromatic N) is 3. The van der Waals surface area contributed by atoms with E-state index >= 15 is 0 Å². The van der Waals surface area contributed by atoms with Gasteiger partial charge in [-0.3, -0.25) is 0 Å². The van der Waals surface area contributed by atoms with Crippen molar-refractivity contribution >= 4 is 29.1 Å². The highest BCUT2D eigenvalue weighted by atomic mass is 35.5. The molecule has 0 fully saturated rings. The van der Waals surface area contributed by atoms with Gasteiger partial charge >= 0.3 is 0 Å². The van der Waals surface area contributed by atoms with Crippen molar-refractivity contribution in [2.45, 2.75) is 26.7 Å². The van der Waals surface area contributed by atoms with E-state index < -0.39 is 0 Å². The summed E-state index contributed by atoms with van der Waals surface area (Å²) in [6, 6.07) is 8.40. The van der Waals surface area contributed by atoms with Gasteiger partial charge in [0.15, 0.2) is 5.82 Å². The van der Waals surface area contributed by atoms with Crippen molar-refractivity contribution in [1.82, 2.24) is 9.97 Å². The molecular weight excluding hydrogens is 284 g/mol. The summed E-state index contributed by atoms with van der Waals surface area (Å²) in [6.45, 7) is 5.09. The third-order valence-electron chi connectivity index (χ3n) is 3.31. The van der Waals surface area contributed by atoms with Gasteiger partial charge in [-0.25, -0.2) is 4.98 Å². The van der Waals surface area contributed by atoms with Crippen molar-refractivity contribution in [3.63, 3.8) is 0 Å². The Kier molecular flexibility index (Phi) is 5.39. The van der Waals surface area contributed by atoms with Gasteiger partial charge in [-0.15, -0.1) is 0 Å². The van der Waals surface area contributed by atoms with Gasteiger partial charge < -0.3 is 10.2 Å². The van der Waals surface area contributed by atoms with E-state index in [0.717, 1.165) is 25.1 Å². The molecule has 1 aromatic heterocycles. The van der Waals surface area contributed by atoms with Crippen LogP contribution in [0.1, 0.15) is 25.8 Å². The lowest BCUT2D eigenvalue weighted by atomic mass is 10.1. The zero-order chi connectivity index (χ0) is 15.2. The fraction of sp³-hybridized carbons (Fsp3) is 0.375. The summed E-state index contributed by atoms with van der Waals surface area (Å²) < 4.78 is 0. The molecule has 5 heteroatoms. The molecule has 0 amide bonds. The summed E-state index contributed by atoms with van der Waals surface area (Å²) in [4.78, 5) is 10.7. The third-order valence-corrected chi connectivity index (χ3v) is 3.57. The smallest absolute Gasteiger partial charge is 0.224 e. The van der Waals surface area contributed by atoms with E-state index in [1.807, 2.05) is 11.9 Å². The molecular formula is C16H21ClN4. The quantitative estimate of drug-likeness (QED) is 0.864. The van der Waals surface area contributed by atoms with Crippen LogP contribution >= 0.6 is 11.6 Å². The number of anilines is 3. The summed E-state index contributed by atoms with van der Waals surface area (Å²) in [5.74, 6) is 1.31. The van der Waals surface area contributed by atoms with Gasteiger partial charge in [-0.2, -0.15) is 4.98 Å². The minimum atomic E-state index is 0.541. The van der Waals surface area contributed by atoms with Gasteiger partial charge in [0.25, 0.3) is 0 Å². The molecule has 2 aromatic rings. The minimum absolute atomic E-state index is 0.541. The van der Waals surface area contributed by atoms with Crippen LogP contribution in [0, 0.1) is 0 Å². The third kappa shape index (κ3) is 3.85. The van der Waals surface area contributed by atoms with E-state index in [1.165, 1.54) is 5.56 Å². The van der Waals surface area contributed by atoms with E-state index in [2.05, 4.69) is 53.4 Å². The summed E-state index contributed by atoms with van der Waals surface area (Å²) in [5, 5.41) is 3.72. The van der Waals surface area contributed by atoms with E-state index in [1.54, 1.807) is 6.20 Å². The molecule has 1 heterocycles. The summed E-state index contributed by atoms with van der Waals surface area (Å²) >= 11 is 6.24.